The summed E-state index contributed by atoms with van der Waals surface area (Å²) in [6.07, 6.45) is 6.64. The minimum Gasteiger partial charge on any atom is -0.494 e. The molecule has 3 N–H and O–H groups in total. The Labute approximate surface area is 226 Å². The monoisotopic (exact) mass is 539 g/mol. The van der Waals surface area contributed by atoms with Crippen LogP contribution in [0.1, 0.15) is 54.6 Å². The summed E-state index contributed by atoms with van der Waals surface area (Å²) in [4.78, 5) is 37.3. The van der Waals surface area contributed by atoms with Gasteiger partial charge in [0.15, 0.2) is 11.6 Å². The normalized spacial score (nSPS) is 19.1. The predicted molar refractivity (Wildman–Crippen MR) is 142 cm³/mol. The molecule has 2 heterocycles. The zero-order valence-corrected chi connectivity index (χ0v) is 22.4. The number of methoxy groups -OCH3 is 2. The molecule has 10 nitrogen and oxygen atoms in total. The molecule has 0 bridgehead atoms. The quantitative estimate of drug-likeness (QED) is 0.359. The second-order valence-corrected chi connectivity index (χ2v) is 10.3. The number of carbonyl (C=O) groups is 2. The first-order valence-electron chi connectivity index (χ1n) is 13.3. The topological polar surface area (TPSA) is 127 Å². The van der Waals surface area contributed by atoms with Gasteiger partial charge in [-0.1, -0.05) is 0 Å². The highest BCUT2D eigenvalue weighted by Gasteiger charge is 2.28. The smallest absolute Gasteiger partial charge is 0.255 e. The van der Waals surface area contributed by atoms with Gasteiger partial charge in [-0.05, 0) is 57.4 Å². The van der Waals surface area contributed by atoms with E-state index in [1.54, 1.807) is 6.07 Å². The summed E-state index contributed by atoms with van der Waals surface area (Å²) in [6, 6.07) is 2.95. The Morgan fingerprint density at radius 2 is 1.74 bits per heavy atom. The molecule has 11 heteroatoms. The molecule has 2 aliphatic carbocycles. The molecule has 0 saturated heterocycles. The van der Waals surface area contributed by atoms with Crippen molar-refractivity contribution in [3.8, 4) is 22.8 Å². The van der Waals surface area contributed by atoms with Gasteiger partial charge in [0.25, 0.3) is 5.91 Å². The zero-order valence-electron chi connectivity index (χ0n) is 22.4. The Hall–Kier alpha value is -3.73. The molecule has 0 unspecified atom stereocenters. The van der Waals surface area contributed by atoms with E-state index in [1.165, 1.54) is 26.6 Å². The Morgan fingerprint density at radius 3 is 2.41 bits per heavy atom. The molecule has 3 aromatic rings. The van der Waals surface area contributed by atoms with Crippen molar-refractivity contribution in [3.05, 3.63) is 35.5 Å². The summed E-state index contributed by atoms with van der Waals surface area (Å²) in [5, 5.41) is 6.10. The van der Waals surface area contributed by atoms with E-state index in [0.29, 0.717) is 51.8 Å². The van der Waals surface area contributed by atoms with Gasteiger partial charge in [0.2, 0.25) is 5.91 Å². The maximum absolute atomic E-state index is 14.8. The number of hydrogen-bond acceptors (Lipinski definition) is 7. The molecular formula is C28H34FN5O5. The van der Waals surface area contributed by atoms with E-state index >= 15 is 0 Å². The third-order valence-electron chi connectivity index (χ3n) is 7.38. The van der Waals surface area contributed by atoms with Gasteiger partial charge in [0.05, 0.1) is 24.8 Å². The number of carbonyl (C=O) groups excluding carboxylic acids is 2. The fourth-order valence-corrected chi connectivity index (χ4v) is 5.13. The van der Waals surface area contributed by atoms with Crippen LogP contribution in [0.2, 0.25) is 0 Å². The number of rotatable bonds is 10. The van der Waals surface area contributed by atoms with E-state index in [2.05, 4.69) is 25.6 Å². The van der Waals surface area contributed by atoms with Crippen molar-refractivity contribution < 1.29 is 28.2 Å². The number of ether oxygens (including phenoxy) is 3. The molecule has 5 rings (SSSR count). The molecule has 2 saturated carbocycles. The summed E-state index contributed by atoms with van der Waals surface area (Å²) in [7, 11) is 2.90. The number of halogens is 1. The highest BCUT2D eigenvalue weighted by atomic mass is 19.1. The van der Waals surface area contributed by atoms with Gasteiger partial charge in [0.1, 0.15) is 29.9 Å². The minimum absolute atomic E-state index is 0.0168. The second-order valence-electron chi connectivity index (χ2n) is 10.3. The van der Waals surface area contributed by atoms with Gasteiger partial charge in [-0.25, -0.2) is 14.4 Å². The molecule has 1 aromatic carbocycles. The van der Waals surface area contributed by atoms with E-state index in [4.69, 9.17) is 14.2 Å². The van der Waals surface area contributed by atoms with Gasteiger partial charge >= 0.3 is 0 Å². The van der Waals surface area contributed by atoms with Gasteiger partial charge in [0, 0.05) is 36.5 Å². The van der Waals surface area contributed by atoms with Crippen LogP contribution in [-0.4, -0.2) is 66.3 Å². The molecule has 0 radical (unpaired) electrons. The molecule has 0 aliphatic heterocycles. The summed E-state index contributed by atoms with van der Waals surface area (Å²) in [5.74, 6) is 0.153. The van der Waals surface area contributed by atoms with E-state index < -0.39 is 5.82 Å². The van der Waals surface area contributed by atoms with Crippen LogP contribution in [0.25, 0.3) is 22.3 Å². The first-order valence-corrected chi connectivity index (χ1v) is 13.3. The van der Waals surface area contributed by atoms with E-state index in [0.717, 1.165) is 38.5 Å². The van der Waals surface area contributed by atoms with Crippen LogP contribution < -0.4 is 20.1 Å². The number of nitrogens with zero attached hydrogens (tertiary/aromatic N) is 2. The van der Waals surface area contributed by atoms with Gasteiger partial charge < -0.3 is 29.8 Å². The molecule has 2 amide bonds. The van der Waals surface area contributed by atoms with Crippen molar-refractivity contribution in [2.45, 2.75) is 57.5 Å². The van der Waals surface area contributed by atoms with Crippen molar-refractivity contribution in [3.63, 3.8) is 0 Å². The molecule has 0 atom stereocenters. The Morgan fingerprint density at radius 1 is 1.03 bits per heavy atom. The standard InChI is InChI=1S/C28H34FN5O5/c1-15-24(28(36)34-18-8-6-17(7-9-18)33-23(35)13-37-2)26-27(32-15)25(30-14-31-26)19-10-20(29)22(38-3)11-21(19)39-12-16-4-5-16/h10-11,14,16-18,32H,4-9,12-13H2,1-3H3,(H,33,35)(H,34,36)/t17-,18+. The SMILES string of the molecule is COCC(=O)N[C@H]1CC[C@@H](NC(=O)c2c(C)[nH]c3c(-c4cc(F)c(OC)cc4OCC4CC4)ncnc23)CC1. The number of amides is 2. The van der Waals surface area contributed by atoms with Crippen molar-refractivity contribution in [1.29, 1.82) is 0 Å². The number of hydrogen-bond donors (Lipinski definition) is 3. The number of benzene rings is 1. The van der Waals surface area contributed by atoms with Crippen molar-refractivity contribution >= 4 is 22.8 Å². The Bertz CT molecular complexity index is 1360. The summed E-state index contributed by atoms with van der Waals surface area (Å²) >= 11 is 0. The van der Waals surface area contributed by atoms with Crippen molar-refractivity contribution in [2.24, 2.45) is 5.92 Å². The highest BCUT2D eigenvalue weighted by molar-refractivity contribution is 6.09. The number of aryl methyl sites for hydroxylation is 1. The highest BCUT2D eigenvalue weighted by Crippen LogP contribution is 2.39. The third-order valence-corrected chi connectivity index (χ3v) is 7.38. The van der Waals surface area contributed by atoms with Gasteiger partial charge in [-0.2, -0.15) is 0 Å². The van der Waals surface area contributed by atoms with Crippen LogP contribution in [0.3, 0.4) is 0 Å². The number of aromatic amines is 1. The largest absolute Gasteiger partial charge is 0.494 e. The molecule has 39 heavy (non-hydrogen) atoms. The van der Waals surface area contributed by atoms with Crippen LogP contribution >= 0.6 is 0 Å². The molecular weight excluding hydrogens is 505 g/mol. The lowest BCUT2D eigenvalue weighted by molar-refractivity contribution is -0.125. The van der Waals surface area contributed by atoms with E-state index in [9.17, 15) is 14.0 Å². The summed E-state index contributed by atoms with van der Waals surface area (Å²) < 4.78 is 30.9. The number of H-pyrrole nitrogens is 1. The summed E-state index contributed by atoms with van der Waals surface area (Å²) in [5.41, 5.74) is 2.97. The Balaban J connectivity index is 1.37. The van der Waals surface area contributed by atoms with Crippen LogP contribution in [0.4, 0.5) is 4.39 Å². The van der Waals surface area contributed by atoms with E-state index in [-0.39, 0.29) is 36.3 Å². The number of nitrogens with one attached hydrogen (secondary N) is 3. The first kappa shape index (κ1) is 26.9. The average Bonchev–Trinajstić information content (AvgIpc) is 3.68. The van der Waals surface area contributed by atoms with Crippen LogP contribution in [0, 0.1) is 18.7 Å². The fraction of sp³-hybridized carbons (Fsp3) is 0.500. The maximum atomic E-state index is 14.8. The summed E-state index contributed by atoms with van der Waals surface area (Å²) in [6.45, 7) is 2.38. The third kappa shape index (κ3) is 5.98. The predicted octanol–water partition coefficient (Wildman–Crippen LogP) is 3.67. The fourth-order valence-electron chi connectivity index (χ4n) is 5.13. The molecule has 2 aromatic heterocycles. The van der Waals surface area contributed by atoms with Crippen molar-refractivity contribution in [2.75, 3.05) is 27.4 Å². The molecule has 2 fully saturated rings. The second kappa shape index (κ2) is 11.6. The molecule has 0 spiro atoms. The van der Waals surface area contributed by atoms with Crippen LogP contribution in [0.5, 0.6) is 11.5 Å². The van der Waals surface area contributed by atoms with E-state index in [1.807, 2.05) is 6.92 Å². The number of fused-ring (bicyclic) bond motifs is 1. The lowest BCUT2D eigenvalue weighted by atomic mass is 9.91. The van der Waals surface area contributed by atoms with Crippen molar-refractivity contribution in [1.82, 2.24) is 25.6 Å². The average molecular weight is 540 g/mol. The molecule has 208 valence electrons. The molecule has 2 aliphatic rings. The Kier molecular flexibility index (Phi) is 7.97. The van der Waals surface area contributed by atoms with Gasteiger partial charge in [-0.3, -0.25) is 9.59 Å². The maximum Gasteiger partial charge on any atom is 0.255 e. The number of aromatic nitrogens is 3. The van der Waals surface area contributed by atoms with Crippen LogP contribution in [-0.2, 0) is 9.53 Å². The van der Waals surface area contributed by atoms with Gasteiger partial charge in [-0.15, -0.1) is 0 Å². The van der Waals surface area contributed by atoms with Crippen LogP contribution in [0.15, 0.2) is 18.5 Å². The first-order chi connectivity index (χ1) is 18.9. The minimum atomic E-state index is -0.534. The zero-order chi connectivity index (χ0) is 27.5. The lowest BCUT2D eigenvalue weighted by Gasteiger charge is -2.29. The lowest BCUT2D eigenvalue weighted by Crippen LogP contribution is -2.44.